The van der Waals surface area contributed by atoms with Gasteiger partial charge in [-0.15, -0.1) is 0 Å². The molecule has 114 valence electrons. The van der Waals surface area contributed by atoms with Crippen LogP contribution in [0.1, 0.15) is 12.7 Å². The highest BCUT2D eigenvalue weighted by molar-refractivity contribution is 7.92. The van der Waals surface area contributed by atoms with Gasteiger partial charge >= 0.3 is 0 Å². The third-order valence-corrected chi connectivity index (χ3v) is 4.65. The largest absolute Gasteiger partial charge is 0.446 e. The van der Waals surface area contributed by atoms with Crippen LogP contribution in [0, 0.1) is 5.82 Å². The van der Waals surface area contributed by atoms with Crippen LogP contribution in [0.5, 0.6) is 0 Å². The van der Waals surface area contributed by atoms with Gasteiger partial charge in [0.15, 0.2) is 0 Å². The number of hydrogen-bond acceptors (Lipinski definition) is 4. The number of benzene rings is 1. The van der Waals surface area contributed by atoms with Gasteiger partial charge in [-0.2, -0.15) is 8.42 Å². The van der Waals surface area contributed by atoms with Crippen molar-refractivity contribution in [3.05, 3.63) is 48.0 Å². The quantitative estimate of drug-likeness (QED) is 0.889. The van der Waals surface area contributed by atoms with Crippen molar-refractivity contribution in [3.63, 3.8) is 0 Å². The summed E-state index contributed by atoms with van der Waals surface area (Å²) in [5, 5.41) is 2.92. The second-order valence-electron chi connectivity index (χ2n) is 4.45. The van der Waals surface area contributed by atoms with Crippen LogP contribution in [0.2, 0.25) is 0 Å². The van der Waals surface area contributed by atoms with Gasteiger partial charge in [0.05, 0.1) is 12.2 Å². The molecular weight excluding hydrogens is 295 g/mol. The van der Waals surface area contributed by atoms with E-state index in [4.69, 9.17) is 4.42 Å². The Morgan fingerprint density at radius 3 is 2.48 bits per heavy atom. The van der Waals surface area contributed by atoms with E-state index in [0.29, 0.717) is 18.0 Å². The predicted molar refractivity (Wildman–Crippen MR) is 78.1 cm³/mol. The minimum absolute atomic E-state index is 0.137. The van der Waals surface area contributed by atoms with E-state index in [-0.39, 0.29) is 5.09 Å². The van der Waals surface area contributed by atoms with Crippen molar-refractivity contribution < 1.29 is 17.2 Å². The first-order valence-corrected chi connectivity index (χ1v) is 7.93. The van der Waals surface area contributed by atoms with Gasteiger partial charge in [0.2, 0.25) is 5.09 Å². The lowest BCUT2D eigenvalue weighted by molar-refractivity contribution is 0.404. The predicted octanol–water partition coefficient (Wildman–Crippen LogP) is 2.35. The van der Waals surface area contributed by atoms with Crippen molar-refractivity contribution >= 4 is 15.7 Å². The Morgan fingerprint density at radius 1 is 1.19 bits per heavy atom. The molecule has 0 saturated carbocycles. The Balaban J connectivity index is 2.24. The summed E-state index contributed by atoms with van der Waals surface area (Å²) in [7, 11) is -2.39. The molecule has 0 amide bonds. The molecule has 0 fully saturated rings. The van der Waals surface area contributed by atoms with E-state index in [1.807, 2.05) is 6.92 Å². The summed E-state index contributed by atoms with van der Waals surface area (Å²) in [4.78, 5) is 0. The molecule has 0 bridgehead atoms. The van der Waals surface area contributed by atoms with Crippen LogP contribution in [-0.2, 0) is 16.6 Å². The van der Waals surface area contributed by atoms with Gasteiger partial charge in [0.1, 0.15) is 11.6 Å². The van der Waals surface area contributed by atoms with Crippen LogP contribution >= 0.6 is 0 Å². The number of furan rings is 1. The summed E-state index contributed by atoms with van der Waals surface area (Å²) in [6.07, 6.45) is 0. The molecule has 0 unspecified atom stereocenters. The van der Waals surface area contributed by atoms with Crippen molar-refractivity contribution in [2.45, 2.75) is 18.6 Å². The second-order valence-corrected chi connectivity index (χ2v) is 6.35. The molecule has 1 aromatic carbocycles. The van der Waals surface area contributed by atoms with Crippen LogP contribution in [-0.4, -0.2) is 22.0 Å². The number of nitrogens with one attached hydrogen (secondary N) is 1. The molecule has 1 N–H and O–H groups in total. The standard InChI is InChI=1S/C14H17FN2O3S/c1-3-16-10-13-8-9-14(20-13)21(18,19)17(2)12-6-4-11(15)5-7-12/h4-9,16H,3,10H2,1-2H3. The van der Waals surface area contributed by atoms with E-state index in [1.54, 1.807) is 6.07 Å². The van der Waals surface area contributed by atoms with Crippen LogP contribution in [0.4, 0.5) is 10.1 Å². The Labute approximate surface area is 123 Å². The maximum atomic E-state index is 12.9. The smallest absolute Gasteiger partial charge is 0.297 e. The van der Waals surface area contributed by atoms with E-state index in [0.717, 1.165) is 10.8 Å². The molecule has 1 heterocycles. The number of nitrogens with zero attached hydrogens (tertiary/aromatic N) is 1. The van der Waals surface area contributed by atoms with Crippen molar-refractivity contribution in [1.29, 1.82) is 0 Å². The van der Waals surface area contributed by atoms with E-state index in [9.17, 15) is 12.8 Å². The van der Waals surface area contributed by atoms with E-state index >= 15 is 0 Å². The molecule has 0 aliphatic rings. The summed E-state index contributed by atoms with van der Waals surface area (Å²) in [5.74, 6) is 0.124. The lowest BCUT2D eigenvalue weighted by Crippen LogP contribution is -2.26. The number of halogens is 1. The van der Waals surface area contributed by atoms with Crippen molar-refractivity contribution in [1.82, 2.24) is 5.32 Å². The maximum Gasteiger partial charge on any atom is 0.297 e. The highest BCUT2D eigenvalue weighted by Crippen LogP contribution is 2.23. The number of sulfonamides is 1. The molecule has 2 aromatic rings. The summed E-state index contributed by atoms with van der Waals surface area (Å²) < 4.78 is 44.2. The molecule has 5 nitrogen and oxygen atoms in total. The summed E-state index contributed by atoms with van der Waals surface area (Å²) in [6, 6.07) is 8.25. The van der Waals surface area contributed by atoms with E-state index in [1.165, 1.54) is 37.4 Å². The van der Waals surface area contributed by atoms with Crippen molar-refractivity contribution in [3.8, 4) is 0 Å². The van der Waals surface area contributed by atoms with Gasteiger partial charge in [-0.25, -0.2) is 4.39 Å². The fraction of sp³-hybridized carbons (Fsp3) is 0.286. The first kappa shape index (κ1) is 15.5. The Morgan fingerprint density at radius 2 is 1.86 bits per heavy atom. The zero-order chi connectivity index (χ0) is 15.5. The van der Waals surface area contributed by atoms with Crippen LogP contribution in [0.25, 0.3) is 0 Å². The topological polar surface area (TPSA) is 62.6 Å². The van der Waals surface area contributed by atoms with Gasteiger partial charge in [-0.05, 0) is 42.9 Å². The zero-order valence-corrected chi connectivity index (χ0v) is 12.7. The molecule has 21 heavy (non-hydrogen) atoms. The van der Waals surface area contributed by atoms with Crippen LogP contribution in [0.15, 0.2) is 45.9 Å². The Kier molecular flexibility index (Phi) is 4.64. The maximum absolute atomic E-state index is 12.9. The van der Waals surface area contributed by atoms with Gasteiger partial charge in [-0.3, -0.25) is 4.31 Å². The average Bonchev–Trinajstić information content (AvgIpc) is 2.94. The number of anilines is 1. The van der Waals surface area contributed by atoms with Gasteiger partial charge in [0, 0.05) is 7.05 Å². The minimum Gasteiger partial charge on any atom is -0.446 e. The summed E-state index contributed by atoms with van der Waals surface area (Å²) >= 11 is 0. The SMILES string of the molecule is CCNCc1ccc(S(=O)(=O)N(C)c2ccc(F)cc2)o1. The van der Waals surface area contributed by atoms with Crippen LogP contribution < -0.4 is 9.62 Å². The number of hydrogen-bond donors (Lipinski definition) is 1. The molecule has 0 saturated heterocycles. The average molecular weight is 312 g/mol. The highest BCUT2D eigenvalue weighted by Gasteiger charge is 2.25. The Bertz CT molecular complexity index is 695. The van der Waals surface area contributed by atoms with Crippen molar-refractivity contribution in [2.24, 2.45) is 0 Å². The molecule has 0 aliphatic heterocycles. The zero-order valence-electron chi connectivity index (χ0n) is 11.8. The van der Waals surface area contributed by atoms with Crippen molar-refractivity contribution in [2.75, 3.05) is 17.9 Å². The number of rotatable bonds is 6. The molecule has 0 aliphatic carbocycles. The minimum atomic E-state index is -3.79. The second kappa shape index (κ2) is 6.28. The third-order valence-electron chi connectivity index (χ3n) is 2.99. The van der Waals surface area contributed by atoms with Gasteiger partial charge in [-0.1, -0.05) is 6.92 Å². The van der Waals surface area contributed by atoms with E-state index in [2.05, 4.69) is 5.32 Å². The molecule has 1 aromatic heterocycles. The molecule has 0 atom stereocenters. The molecule has 0 spiro atoms. The monoisotopic (exact) mass is 312 g/mol. The van der Waals surface area contributed by atoms with Gasteiger partial charge in [0.25, 0.3) is 10.0 Å². The van der Waals surface area contributed by atoms with Crippen LogP contribution in [0.3, 0.4) is 0 Å². The van der Waals surface area contributed by atoms with E-state index < -0.39 is 15.8 Å². The lowest BCUT2D eigenvalue weighted by Gasteiger charge is -2.17. The third kappa shape index (κ3) is 3.43. The normalized spacial score (nSPS) is 11.6. The fourth-order valence-electron chi connectivity index (χ4n) is 1.76. The molecule has 0 radical (unpaired) electrons. The Hall–Kier alpha value is -1.86. The molecule has 2 rings (SSSR count). The summed E-state index contributed by atoms with van der Waals surface area (Å²) in [6.45, 7) is 3.17. The molecular formula is C14H17FN2O3S. The summed E-state index contributed by atoms with van der Waals surface area (Å²) in [5.41, 5.74) is 0.362. The molecule has 7 heteroatoms. The fourth-order valence-corrected chi connectivity index (χ4v) is 2.89. The first-order valence-electron chi connectivity index (χ1n) is 6.49. The first-order chi connectivity index (χ1) is 9.95. The lowest BCUT2D eigenvalue weighted by atomic mass is 10.3. The van der Waals surface area contributed by atoms with Gasteiger partial charge < -0.3 is 9.73 Å². The highest BCUT2D eigenvalue weighted by atomic mass is 32.2.